The third kappa shape index (κ3) is 1.52. The molecule has 0 spiro atoms. The summed E-state index contributed by atoms with van der Waals surface area (Å²) in [5, 5.41) is 3.34. The van der Waals surface area contributed by atoms with Gasteiger partial charge in [-0.2, -0.15) is 0 Å². The van der Waals surface area contributed by atoms with Gasteiger partial charge in [0.25, 0.3) is 0 Å². The second-order valence-corrected chi connectivity index (χ2v) is 3.14. The standard InChI is InChI=1S/C9H13NO2/c1-7-2-3-12-9(7)4-10-8-5-11-6-8/h2-3,8,10H,4-6H2,1H3. The van der Waals surface area contributed by atoms with Crippen molar-refractivity contribution < 1.29 is 9.15 Å². The van der Waals surface area contributed by atoms with Gasteiger partial charge >= 0.3 is 0 Å². The van der Waals surface area contributed by atoms with E-state index in [1.54, 1.807) is 6.26 Å². The minimum atomic E-state index is 0.523. The molecule has 0 bridgehead atoms. The number of aryl methyl sites for hydroxylation is 1. The van der Waals surface area contributed by atoms with E-state index in [1.807, 2.05) is 6.07 Å². The van der Waals surface area contributed by atoms with Gasteiger partial charge in [0.05, 0.1) is 32.1 Å². The van der Waals surface area contributed by atoms with Crippen molar-refractivity contribution >= 4 is 0 Å². The Hall–Kier alpha value is -0.800. The van der Waals surface area contributed by atoms with Crippen molar-refractivity contribution in [2.24, 2.45) is 0 Å². The summed E-state index contributed by atoms with van der Waals surface area (Å²) < 4.78 is 10.3. The zero-order valence-corrected chi connectivity index (χ0v) is 7.17. The van der Waals surface area contributed by atoms with E-state index in [4.69, 9.17) is 9.15 Å². The van der Waals surface area contributed by atoms with Gasteiger partial charge in [0, 0.05) is 0 Å². The van der Waals surface area contributed by atoms with Crippen molar-refractivity contribution in [3.63, 3.8) is 0 Å². The molecular formula is C9H13NO2. The van der Waals surface area contributed by atoms with Gasteiger partial charge in [0.15, 0.2) is 0 Å². The summed E-state index contributed by atoms with van der Waals surface area (Å²) in [6.07, 6.45) is 1.73. The van der Waals surface area contributed by atoms with Gasteiger partial charge in [-0.25, -0.2) is 0 Å². The molecule has 1 aliphatic rings. The van der Waals surface area contributed by atoms with Crippen molar-refractivity contribution in [2.45, 2.75) is 19.5 Å². The number of ether oxygens (including phenoxy) is 1. The number of rotatable bonds is 3. The first-order valence-corrected chi connectivity index (χ1v) is 4.20. The highest BCUT2D eigenvalue weighted by atomic mass is 16.5. The van der Waals surface area contributed by atoms with Crippen molar-refractivity contribution in [2.75, 3.05) is 13.2 Å². The summed E-state index contributed by atoms with van der Waals surface area (Å²) in [4.78, 5) is 0. The van der Waals surface area contributed by atoms with E-state index in [2.05, 4.69) is 12.2 Å². The van der Waals surface area contributed by atoms with E-state index < -0.39 is 0 Å². The lowest BCUT2D eigenvalue weighted by atomic mass is 10.2. The molecule has 1 aromatic heterocycles. The zero-order chi connectivity index (χ0) is 8.39. The smallest absolute Gasteiger partial charge is 0.120 e. The Morgan fingerprint density at radius 1 is 1.58 bits per heavy atom. The molecular weight excluding hydrogens is 154 g/mol. The maximum absolute atomic E-state index is 5.28. The van der Waals surface area contributed by atoms with Gasteiger partial charge in [-0.05, 0) is 18.6 Å². The Labute approximate surface area is 71.7 Å². The molecule has 1 fully saturated rings. The first-order valence-electron chi connectivity index (χ1n) is 4.20. The minimum absolute atomic E-state index is 0.523. The van der Waals surface area contributed by atoms with Crippen LogP contribution in [0.3, 0.4) is 0 Å². The molecule has 0 aliphatic carbocycles. The molecule has 3 heteroatoms. The van der Waals surface area contributed by atoms with Crippen LogP contribution in [-0.2, 0) is 11.3 Å². The van der Waals surface area contributed by atoms with Crippen LogP contribution in [0.25, 0.3) is 0 Å². The van der Waals surface area contributed by atoms with Gasteiger partial charge in [0.1, 0.15) is 5.76 Å². The van der Waals surface area contributed by atoms with Crippen LogP contribution < -0.4 is 5.32 Å². The van der Waals surface area contributed by atoms with E-state index in [0.717, 1.165) is 25.5 Å². The highest BCUT2D eigenvalue weighted by Gasteiger charge is 2.17. The molecule has 2 rings (SSSR count). The SMILES string of the molecule is Cc1ccoc1CNC1COC1. The maximum atomic E-state index is 5.28. The van der Waals surface area contributed by atoms with Crippen LogP contribution in [0.5, 0.6) is 0 Å². The molecule has 66 valence electrons. The Bertz CT molecular complexity index is 253. The molecule has 0 unspecified atom stereocenters. The molecule has 1 aliphatic heterocycles. The van der Waals surface area contributed by atoms with E-state index in [9.17, 15) is 0 Å². The normalized spacial score (nSPS) is 17.8. The topological polar surface area (TPSA) is 34.4 Å². The zero-order valence-electron chi connectivity index (χ0n) is 7.17. The first-order chi connectivity index (χ1) is 5.86. The van der Waals surface area contributed by atoms with Crippen LogP contribution in [-0.4, -0.2) is 19.3 Å². The van der Waals surface area contributed by atoms with E-state index in [0.29, 0.717) is 6.04 Å². The van der Waals surface area contributed by atoms with Crippen molar-refractivity contribution in [3.8, 4) is 0 Å². The van der Waals surface area contributed by atoms with Gasteiger partial charge < -0.3 is 14.5 Å². The summed E-state index contributed by atoms with van der Waals surface area (Å²) in [6.45, 7) is 4.53. The Morgan fingerprint density at radius 2 is 2.42 bits per heavy atom. The average Bonchev–Trinajstić information content (AvgIpc) is 2.33. The quantitative estimate of drug-likeness (QED) is 0.731. The summed E-state index contributed by atoms with van der Waals surface area (Å²) in [7, 11) is 0. The summed E-state index contributed by atoms with van der Waals surface area (Å²) in [5.74, 6) is 1.03. The van der Waals surface area contributed by atoms with Crippen LogP contribution in [0.4, 0.5) is 0 Å². The van der Waals surface area contributed by atoms with E-state index in [-0.39, 0.29) is 0 Å². The van der Waals surface area contributed by atoms with Gasteiger partial charge in [0.2, 0.25) is 0 Å². The van der Waals surface area contributed by atoms with Crippen LogP contribution >= 0.6 is 0 Å². The molecule has 0 aromatic carbocycles. The maximum Gasteiger partial charge on any atom is 0.120 e. The lowest BCUT2D eigenvalue weighted by Crippen LogP contribution is -2.45. The minimum Gasteiger partial charge on any atom is -0.468 e. The number of nitrogens with one attached hydrogen (secondary N) is 1. The number of hydrogen-bond acceptors (Lipinski definition) is 3. The number of hydrogen-bond donors (Lipinski definition) is 1. The molecule has 12 heavy (non-hydrogen) atoms. The molecule has 1 aromatic rings. The fraction of sp³-hybridized carbons (Fsp3) is 0.556. The van der Waals surface area contributed by atoms with Crippen LogP contribution in [0, 0.1) is 6.92 Å². The molecule has 0 saturated carbocycles. The predicted molar refractivity (Wildman–Crippen MR) is 44.9 cm³/mol. The first kappa shape index (κ1) is 7.83. The second kappa shape index (κ2) is 3.29. The van der Waals surface area contributed by atoms with E-state index in [1.165, 1.54) is 5.56 Å². The third-order valence-corrected chi connectivity index (χ3v) is 2.16. The van der Waals surface area contributed by atoms with Crippen LogP contribution in [0.15, 0.2) is 16.7 Å². The van der Waals surface area contributed by atoms with Crippen molar-refractivity contribution in [3.05, 3.63) is 23.7 Å². The lowest BCUT2D eigenvalue weighted by molar-refractivity contribution is -0.00644. The molecule has 2 heterocycles. The van der Waals surface area contributed by atoms with Gasteiger partial charge in [-0.3, -0.25) is 0 Å². The lowest BCUT2D eigenvalue weighted by Gasteiger charge is -2.26. The summed E-state index contributed by atoms with van der Waals surface area (Å²) in [6, 6.07) is 2.50. The molecule has 3 nitrogen and oxygen atoms in total. The molecule has 0 atom stereocenters. The highest BCUT2D eigenvalue weighted by molar-refractivity contribution is 5.14. The Morgan fingerprint density at radius 3 is 2.92 bits per heavy atom. The number of furan rings is 1. The van der Waals surface area contributed by atoms with Gasteiger partial charge in [-0.1, -0.05) is 0 Å². The van der Waals surface area contributed by atoms with Crippen LogP contribution in [0.2, 0.25) is 0 Å². The highest BCUT2D eigenvalue weighted by Crippen LogP contribution is 2.09. The monoisotopic (exact) mass is 167 g/mol. The summed E-state index contributed by atoms with van der Waals surface area (Å²) in [5.41, 5.74) is 1.21. The third-order valence-electron chi connectivity index (χ3n) is 2.16. The molecule has 1 saturated heterocycles. The molecule has 0 radical (unpaired) electrons. The van der Waals surface area contributed by atoms with E-state index >= 15 is 0 Å². The van der Waals surface area contributed by atoms with Crippen LogP contribution in [0.1, 0.15) is 11.3 Å². The molecule has 0 amide bonds. The second-order valence-electron chi connectivity index (χ2n) is 3.14. The Kier molecular flexibility index (Phi) is 2.15. The summed E-state index contributed by atoms with van der Waals surface area (Å²) >= 11 is 0. The van der Waals surface area contributed by atoms with Gasteiger partial charge in [-0.15, -0.1) is 0 Å². The largest absolute Gasteiger partial charge is 0.468 e. The fourth-order valence-electron chi connectivity index (χ4n) is 1.18. The molecule has 1 N–H and O–H groups in total. The van der Waals surface area contributed by atoms with Crippen molar-refractivity contribution in [1.82, 2.24) is 5.32 Å². The predicted octanol–water partition coefficient (Wildman–Crippen LogP) is 1.08. The Balaban J connectivity index is 1.82. The average molecular weight is 167 g/mol. The van der Waals surface area contributed by atoms with Crippen molar-refractivity contribution in [1.29, 1.82) is 0 Å². The fourth-order valence-corrected chi connectivity index (χ4v) is 1.18.